The van der Waals surface area contributed by atoms with Crippen LogP contribution in [0, 0.1) is 0 Å². The van der Waals surface area contributed by atoms with E-state index in [0.717, 1.165) is 22.2 Å². The number of thioether (sulfide) groups is 1. The average Bonchev–Trinajstić information content (AvgIpc) is 2.91. The zero-order valence-electron chi connectivity index (χ0n) is 15.2. The minimum atomic E-state index is -0.731. The highest BCUT2D eigenvalue weighted by Gasteiger charge is 2.46. The second-order valence-corrected chi connectivity index (χ2v) is 7.45. The van der Waals surface area contributed by atoms with E-state index in [1.54, 1.807) is 31.1 Å². The molecule has 2 aromatic rings. The normalized spacial score (nSPS) is 17.1. The minimum absolute atomic E-state index is 0.0109. The van der Waals surface area contributed by atoms with Crippen LogP contribution >= 0.6 is 11.8 Å². The molecule has 1 heterocycles. The van der Waals surface area contributed by atoms with Gasteiger partial charge in [0.25, 0.3) is 5.91 Å². The predicted octanol–water partition coefficient (Wildman–Crippen LogP) is 2.98. The first-order chi connectivity index (χ1) is 13.0. The van der Waals surface area contributed by atoms with E-state index in [-0.39, 0.29) is 23.4 Å². The molecule has 27 heavy (non-hydrogen) atoms. The smallest absolute Gasteiger partial charge is 0.302 e. The summed E-state index contributed by atoms with van der Waals surface area (Å²) < 4.78 is 0. The molecule has 2 aromatic carbocycles. The topological polar surface area (TPSA) is 60.9 Å². The second-order valence-electron chi connectivity index (χ2n) is 6.45. The molecule has 0 bridgehead atoms. The lowest BCUT2D eigenvalue weighted by Gasteiger charge is -2.22. The number of benzene rings is 2. The van der Waals surface area contributed by atoms with E-state index in [1.165, 1.54) is 4.90 Å². The standard InChI is InChI=1S/C20H21N3O3S/c1-21(2)13-17(24)27-14-22-19(25)18(15-9-5-3-6-10-15)23(20(22)26)16-11-7-4-8-12-16/h3-12,18H,13-14H2,1-2H3. The Kier molecular flexibility index (Phi) is 5.93. The molecule has 1 unspecified atom stereocenters. The maximum absolute atomic E-state index is 13.1. The fourth-order valence-corrected chi connectivity index (χ4v) is 3.79. The van der Waals surface area contributed by atoms with Gasteiger partial charge in [-0.2, -0.15) is 0 Å². The summed E-state index contributed by atoms with van der Waals surface area (Å²) in [7, 11) is 3.60. The van der Waals surface area contributed by atoms with Gasteiger partial charge < -0.3 is 4.90 Å². The van der Waals surface area contributed by atoms with Crippen LogP contribution in [0.5, 0.6) is 0 Å². The van der Waals surface area contributed by atoms with Gasteiger partial charge in [-0.1, -0.05) is 60.3 Å². The van der Waals surface area contributed by atoms with Crippen LogP contribution in [-0.2, 0) is 9.59 Å². The SMILES string of the molecule is CN(C)CC(=O)SCN1C(=O)C(c2ccccc2)N(c2ccccc2)C1=O. The van der Waals surface area contributed by atoms with E-state index in [9.17, 15) is 14.4 Å². The van der Waals surface area contributed by atoms with Crippen LogP contribution in [0.3, 0.4) is 0 Å². The number of likely N-dealkylation sites (N-methyl/N-ethyl adjacent to an activating group) is 1. The van der Waals surface area contributed by atoms with Crippen LogP contribution in [0.2, 0.25) is 0 Å². The van der Waals surface area contributed by atoms with Crippen molar-refractivity contribution in [2.24, 2.45) is 0 Å². The highest BCUT2D eigenvalue weighted by molar-refractivity contribution is 8.13. The molecule has 0 spiro atoms. The molecule has 3 amide bonds. The molecule has 3 rings (SSSR count). The number of anilines is 1. The summed E-state index contributed by atoms with van der Waals surface area (Å²) >= 11 is 0.981. The van der Waals surface area contributed by atoms with Gasteiger partial charge in [0.15, 0.2) is 0 Å². The van der Waals surface area contributed by atoms with Gasteiger partial charge in [0, 0.05) is 5.69 Å². The molecule has 0 N–H and O–H groups in total. The molecule has 140 valence electrons. The van der Waals surface area contributed by atoms with Crippen LogP contribution in [0.25, 0.3) is 0 Å². The Morgan fingerprint density at radius 1 is 1.00 bits per heavy atom. The summed E-state index contributed by atoms with van der Waals surface area (Å²) in [6.07, 6.45) is 0. The van der Waals surface area contributed by atoms with Crippen molar-refractivity contribution in [2.75, 3.05) is 31.4 Å². The lowest BCUT2D eigenvalue weighted by molar-refractivity contribution is -0.126. The van der Waals surface area contributed by atoms with Gasteiger partial charge in [-0.3, -0.25) is 19.4 Å². The molecule has 7 heteroatoms. The summed E-state index contributed by atoms with van der Waals surface area (Å²) in [5.41, 5.74) is 1.39. The predicted molar refractivity (Wildman–Crippen MR) is 106 cm³/mol. The van der Waals surface area contributed by atoms with Gasteiger partial charge >= 0.3 is 6.03 Å². The Morgan fingerprint density at radius 3 is 2.19 bits per heavy atom. The van der Waals surface area contributed by atoms with Gasteiger partial charge in [0.2, 0.25) is 5.12 Å². The van der Waals surface area contributed by atoms with E-state index >= 15 is 0 Å². The van der Waals surface area contributed by atoms with Crippen molar-refractivity contribution in [1.29, 1.82) is 0 Å². The lowest BCUT2D eigenvalue weighted by Crippen LogP contribution is -2.33. The highest BCUT2D eigenvalue weighted by Crippen LogP contribution is 2.36. The Morgan fingerprint density at radius 2 is 1.59 bits per heavy atom. The van der Waals surface area contributed by atoms with Gasteiger partial charge in [-0.15, -0.1) is 0 Å². The number of urea groups is 1. The number of imide groups is 1. The first-order valence-electron chi connectivity index (χ1n) is 8.54. The summed E-state index contributed by atoms with van der Waals surface area (Å²) in [5, 5.41) is -0.0879. The quantitative estimate of drug-likeness (QED) is 0.718. The second kappa shape index (κ2) is 8.37. The third-order valence-electron chi connectivity index (χ3n) is 4.14. The van der Waals surface area contributed by atoms with Crippen LogP contribution in [0.4, 0.5) is 10.5 Å². The molecule has 6 nitrogen and oxygen atoms in total. The molecule has 0 aromatic heterocycles. The number of amides is 3. The Hall–Kier alpha value is -2.64. The van der Waals surface area contributed by atoms with E-state index in [1.807, 2.05) is 48.5 Å². The number of hydrogen-bond donors (Lipinski definition) is 0. The van der Waals surface area contributed by atoms with Gasteiger partial charge in [-0.05, 0) is 31.8 Å². The molecule has 1 aliphatic heterocycles. The number of rotatable bonds is 6. The number of para-hydroxylation sites is 1. The number of nitrogens with zero attached hydrogens (tertiary/aromatic N) is 3. The monoisotopic (exact) mass is 383 g/mol. The molecular formula is C20H21N3O3S. The van der Waals surface area contributed by atoms with Crippen molar-refractivity contribution >= 4 is 34.5 Å². The average molecular weight is 383 g/mol. The van der Waals surface area contributed by atoms with Crippen LogP contribution < -0.4 is 4.90 Å². The van der Waals surface area contributed by atoms with Gasteiger partial charge in [0.1, 0.15) is 6.04 Å². The van der Waals surface area contributed by atoms with E-state index in [2.05, 4.69) is 0 Å². The van der Waals surface area contributed by atoms with Crippen LogP contribution in [0.1, 0.15) is 11.6 Å². The van der Waals surface area contributed by atoms with Crippen LogP contribution in [0.15, 0.2) is 60.7 Å². The number of carbonyl (C=O) groups is 3. The van der Waals surface area contributed by atoms with E-state index in [0.29, 0.717) is 5.69 Å². The van der Waals surface area contributed by atoms with Crippen molar-refractivity contribution in [3.8, 4) is 0 Å². The number of hydrogen-bond acceptors (Lipinski definition) is 5. The van der Waals surface area contributed by atoms with Crippen molar-refractivity contribution < 1.29 is 14.4 Å². The highest BCUT2D eigenvalue weighted by atomic mass is 32.2. The molecular weight excluding hydrogens is 362 g/mol. The molecule has 0 aliphatic carbocycles. The Labute approximate surface area is 162 Å². The Bertz CT molecular complexity index is 769. The van der Waals surface area contributed by atoms with Crippen molar-refractivity contribution in [2.45, 2.75) is 6.04 Å². The zero-order chi connectivity index (χ0) is 19.4. The maximum Gasteiger partial charge on any atom is 0.333 e. The zero-order valence-corrected chi connectivity index (χ0v) is 16.1. The first-order valence-corrected chi connectivity index (χ1v) is 9.52. The van der Waals surface area contributed by atoms with E-state index in [4.69, 9.17) is 0 Å². The van der Waals surface area contributed by atoms with Crippen molar-refractivity contribution in [3.05, 3.63) is 66.2 Å². The molecule has 0 saturated carbocycles. The molecule has 1 aliphatic rings. The maximum atomic E-state index is 13.1. The fraction of sp³-hybridized carbons (Fsp3) is 0.250. The molecule has 1 atom stereocenters. The third kappa shape index (κ3) is 4.20. The third-order valence-corrected chi connectivity index (χ3v) is 4.98. The van der Waals surface area contributed by atoms with Gasteiger partial charge in [-0.25, -0.2) is 4.79 Å². The van der Waals surface area contributed by atoms with Gasteiger partial charge in [0.05, 0.1) is 12.4 Å². The van der Waals surface area contributed by atoms with Crippen LogP contribution in [-0.4, -0.2) is 53.4 Å². The summed E-state index contributed by atoms with van der Waals surface area (Å²) in [5.74, 6) is -0.308. The summed E-state index contributed by atoms with van der Waals surface area (Å²) in [6.45, 7) is 0.255. The lowest BCUT2D eigenvalue weighted by atomic mass is 10.1. The molecule has 1 fully saturated rings. The fourth-order valence-electron chi connectivity index (χ4n) is 2.93. The first kappa shape index (κ1) is 19.1. The summed E-state index contributed by atoms with van der Waals surface area (Å²) in [4.78, 5) is 42.5. The largest absolute Gasteiger partial charge is 0.333 e. The van der Waals surface area contributed by atoms with E-state index < -0.39 is 12.1 Å². The number of carbonyl (C=O) groups excluding carboxylic acids is 3. The minimum Gasteiger partial charge on any atom is -0.302 e. The molecule has 0 radical (unpaired) electrons. The van der Waals surface area contributed by atoms with Crippen molar-refractivity contribution in [1.82, 2.24) is 9.80 Å². The summed E-state index contributed by atoms with van der Waals surface area (Å²) in [6, 6.07) is 17.2. The van der Waals surface area contributed by atoms with Crippen molar-refractivity contribution in [3.63, 3.8) is 0 Å². The molecule has 1 saturated heterocycles. The Balaban J connectivity index is 1.88.